The number of nitrogens with zero attached hydrogens (tertiary/aromatic N) is 4. The van der Waals surface area contributed by atoms with Crippen LogP contribution in [0.25, 0.3) is 22.4 Å². The summed E-state index contributed by atoms with van der Waals surface area (Å²) in [5.74, 6) is 1.44. The predicted molar refractivity (Wildman–Crippen MR) is 143 cm³/mol. The van der Waals surface area contributed by atoms with Crippen LogP contribution in [0.4, 0.5) is 27.8 Å². The number of aromatic nitrogens is 4. The molecule has 2 aromatic heterocycles. The van der Waals surface area contributed by atoms with Gasteiger partial charge < -0.3 is 26.0 Å². The van der Waals surface area contributed by atoms with E-state index in [-0.39, 0.29) is 11.4 Å². The molecule has 4 aromatic rings. The van der Waals surface area contributed by atoms with Crippen molar-refractivity contribution in [1.82, 2.24) is 20.2 Å². The molecule has 0 aliphatic carbocycles. The molecule has 1 aliphatic heterocycles. The van der Waals surface area contributed by atoms with Crippen LogP contribution in [0.5, 0.6) is 0 Å². The number of aromatic amines is 1. The van der Waals surface area contributed by atoms with E-state index in [1.165, 1.54) is 24.3 Å². The number of hydrogen-bond donors (Lipinski definition) is 4. The number of anilines is 4. The number of ether oxygens (including phenoxy) is 1. The predicted octanol–water partition coefficient (Wildman–Crippen LogP) is 2.27. The Labute approximate surface area is 217 Å². The summed E-state index contributed by atoms with van der Waals surface area (Å²) >= 11 is 0. The number of H-pyrrole nitrogens is 1. The van der Waals surface area contributed by atoms with Gasteiger partial charge in [-0.15, -0.1) is 0 Å². The number of nitrogens with two attached hydrogens (primary N) is 1. The van der Waals surface area contributed by atoms with Crippen LogP contribution < -0.4 is 21.3 Å². The third-order valence-corrected chi connectivity index (χ3v) is 6.76. The Morgan fingerprint density at radius 2 is 1.58 bits per heavy atom. The lowest BCUT2D eigenvalue weighted by Crippen LogP contribution is -2.37. The van der Waals surface area contributed by atoms with Crippen LogP contribution in [-0.2, 0) is 14.6 Å². The first-order valence-corrected chi connectivity index (χ1v) is 13.5. The second-order valence-electron chi connectivity index (χ2n) is 8.60. The Balaban J connectivity index is 1.30. The van der Waals surface area contributed by atoms with E-state index in [0.717, 1.165) is 11.8 Å². The molecular formula is C24H24N8O5S. The molecule has 2 aromatic carbocycles. The zero-order valence-electron chi connectivity index (χ0n) is 20.3. The number of rotatable bonds is 5. The first-order chi connectivity index (χ1) is 18.2. The normalized spacial score (nSPS) is 13.9. The maximum absolute atomic E-state index is 12.4. The topological polar surface area (TPSA) is 185 Å². The largest absolute Gasteiger partial charge is 0.380 e. The lowest BCUT2D eigenvalue weighted by atomic mass is 10.2. The molecule has 14 heteroatoms. The minimum Gasteiger partial charge on any atom is -0.380 e. The van der Waals surface area contributed by atoms with Crippen molar-refractivity contribution >= 4 is 55.0 Å². The van der Waals surface area contributed by atoms with Gasteiger partial charge in [-0.2, -0.15) is 5.10 Å². The summed E-state index contributed by atoms with van der Waals surface area (Å²) in [5, 5.41) is 11.4. The highest BCUT2D eigenvalue weighted by molar-refractivity contribution is 8.06. The number of carbonyl (C=O) groups is 2. The first-order valence-electron chi connectivity index (χ1n) is 11.6. The number of benzene rings is 2. The molecule has 0 unspecified atom stereocenters. The molecule has 1 saturated heterocycles. The molecule has 0 spiro atoms. The van der Waals surface area contributed by atoms with Gasteiger partial charge >= 0.3 is 6.03 Å². The van der Waals surface area contributed by atoms with Crippen molar-refractivity contribution in [1.29, 1.82) is 0 Å². The van der Waals surface area contributed by atoms with Crippen LogP contribution in [0.15, 0.2) is 48.5 Å². The minimum atomic E-state index is -3.84. The number of nitrogen functional groups attached to an aromatic ring is 1. The number of morpholine rings is 1. The summed E-state index contributed by atoms with van der Waals surface area (Å²) in [7, 11) is -3.84. The van der Waals surface area contributed by atoms with E-state index < -0.39 is 21.0 Å². The highest BCUT2D eigenvalue weighted by Crippen LogP contribution is 2.29. The number of urea groups is 1. The fourth-order valence-electron chi connectivity index (χ4n) is 3.94. The van der Waals surface area contributed by atoms with Gasteiger partial charge in [-0.1, -0.05) is 0 Å². The van der Waals surface area contributed by atoms with Crippen molar-refractivity contribution in [2.24, 2.45) is 0 Å². The quantitative estimate of drug-likeness (QED) is 0.295. The summed E-state index contributed by atoms with van der Waals surface area (Å²) in [4.78, 5) is 35.7. The molecule has 0 bridgehead atoms. The Morgan fingerprint density at radius 3 is 2.18 bits per heavy atom. The summed E-state index contributed by atoms with van der Waals surface area (Å²) in [6.45, 7) is 2.55. The second kappa shape index (κ2) is 10.1. The van der Waals surface area contributed by atoms with Gasteiger partial charge in [0.1, 0.15) is 11.0 Å². The molecule has 0 radical (unpaired) electrons. The van der Waals surface area contributed by atoms with Gasteiger partial charge in [-0.3, -0.25) is 9.89 Å². The standard InChI is InChI=1S/C24H24N8O5S/c1-38(35,36)23(33)15-4-8-17(9-5-15)27-24(34)26-16-6-2-14(3-7-16)21-28-18-19(30-31-20(18)25)22(29-21)32-10-12-37-13-11-32/h2-9H,10-13H2,1H3,(H3,25,30,31)(H2,26,27,34). The zero-order valence-corrected chi connectivity index (χ0v) is 21.1. The van der Waals surface area contributed by atoms with Crippen molar-refractivity contribution in [2.75, 3.05) is 53.8 Å². The van der Waals surface area contributed by atoms with Crippen LogP contribution in [0.1, 0.15) is 10.4 Å². The van der Waals surface area contributed by atoms with Gasteiger partial charge in [0, 0.05) is 41.8 Å². The van der Waals surface area contributed by atoms with Gasteiger partial charge in [0.05, 0.1) is 13.2 Å². The van der Waals surface area contributed by atoms with Gasteiger partial charge in [0.2, 0.25) is 9.84 Å². The smallest absolute Gasteiger partial charge is 0.323 e. The number of amides is 2. The molecule has 1 aliphatic rings. The van der Waals surface area contributed by atoms with Crippen molar-refractivity contribution < 1.29 is 22.7 Å². The monoisotopic (exact) mass is 536 g/mol. The highest BCUT2D eigenvalue weighted by Gasteiger charge is 2.21. The van der Waals surface area contributed by atoms with E-state index in [0.29, 0.717) is 60.4 Å². The Hall–Kier alpha value is -4.56. The molecule has 0 atom stereocenters. The SMILES string of the molecule is CS(=O)(=O)C(=O)c1ccc(NC(=O)Nc2ccc(-c3nc(N4CCOCC4)c4[nH]nc(N)c4n3)cc2)cc1. The minimum absolute atomic E-state index is 0.0170. The van der Waals surface area contributed by atoms with Gasteiger partial charge in [-0.25, -0.2) is 23.2 Å². The summed E-state index contributed by atoms with van der Waals surface area (Å²) in [5.41, 5.74) is 8.87. The van der Waals surface area contributed by atoms with Gasteiger partial charge in [-0.05, 0) is 48.5 Å². The van der Waals surface area contributed by atoms with Crippen LogP contribution in [0.3, 0.4) is 0 Å². The number of carbonyl (C=O) groups excluding carboxylic acids is 2. The molecule has 1 fully saturated rings. The lowest BCUT2D eigenvalue weighted by Gasteiger charge is -2.28. The molecule has 5 rings (SSSR count). The maximum Gasteiger partial charge on any atom is 0.323 e. The Bertz CT molecular complexity index is 1610. The van der Waals surface area contributed by atoms with Crippen LogP contribution in [-0.4, -0.2) is 72.3 Å². The van der Waals surface area contributed by atoms with Crippen molar-refractivity contribution in [3.63, 3.8) is 0 Å². The van der Waals surface area contributed by atoms with Crippen molar-refractivity contribution in [2.45, 2.75) is 0 Å². The fraction of sp³-hybridized carbons (Fsp3) is 0.208. The fourth-order valence-corrected chi connectivity index (χ4v) is 4.50. The van der Waals surface area contributed by atoms with E-state index in [4.69, 9.17) is 15.5 Å². The maximum atomic E-state index is 12.4. The third-order valence-electron chi connectivity index (χ3n) is 5.85. The van der Waals surface area contributed by atoms with Crippen molar-refractivity contribution in [3.05, 3.63) is 54.1 Å². The number of fused-ring (bicyclic) bond motifs is 1. The van der Waals surface area contributed by atoms with Gasteiger partial charge in [0.25, 0.3) is 5.12 Å². The molecule has 38 heavy (non-hydrogen) atoms. The summed E-state index contributed by atoms with van der Waals surface area (Å²) in [6.07, 6.45) is 0.848. The van der Waals surface area contributed by atoms with E-state index >= 15 is 0 Å². The molecule has 3 heterocycles. The molecule has 0 saturated carbocycles. The van der Waals surface area contributed by atoms with E-state index in [1.54, 1.807) is 24.3 Å². The van der Waals surface area contributed by atoms with Crippen molar-refractivity contribution in [3.8, 4) is 11.4 Å². The van der Waals surface area contributed by atoms with E-state index in [9.17, 15) is 18.0 Å². The second-order valence-corrected chi connectivity index (χ2v) is 10.5. The van der Waals surface area contributed by atoms with Gasteiger partial charge in [0.15, 0.2) is 17.5 Å². The average Bonchev–Trinajstić information content (AvgIpc) is 3.29. The first kappa shape index (κ1) is 25.1. The molecule has 196 valence electrons. The number of nitrogens with one attached hydrogen (secondary N) is 3. The van der Waals surface area contributed by atoms with Crippen LogP contribution in [0.2, 0.25) is 0 Å². The van der Waals surface area contributed by atoms with E-state index in [1.807, 2.05) is 0 Å². The highest BCUT2D eigenvalue weighted by atomic mass is 32.2. The molecular weight excluding hydrogens is 512 g/mol. The summed E-state index contributed by atoms with van der Waals surface area (Å²) < 4.78 is 28.3. The van der Waals surface area contributed by atoms with Crippen LogP contribution in [0, 0.1) is 0 Å². The van der Waals surface area contributed by atoms with Crippen LogP contribution >= 0.6 is 0 Å². The molecule has 5 N–H and O–H groups in total. The molecule has 13 nitrogen and oxygen atoms in total. The zero-order chi connectivity index (χ0) is 26.9. The number of sulfone groups is 1. The Kier molecular flexibility index (Phi) is 6.65. The Morgan fingerprint density at radius 1 is 0.974 bits per heavy atom. The lowest BCUT2D eigenvalue weighted by molar-refractivity contribution is 0.107. The summed E-state index contributed by atoms with van der Waals surface area (Å²) in [6, 6.07) is 12.0. The average molecular weight is 537 g/mol. The molecule has 2 amide bonds. The third kappa shape index (κ3) is 5.26. The van der Waals surface area contributed by atoms with E-state index in [2.05, 4.69) is 30.7 Å². The number of hydrogen-bond acceptors (Lipinski definition) is 10.